The van der Waals surface area contributed by atoms with Crippen molar-refractivity contribution in [3.63, 3.8) is 0 Å². The molecule has 0 amide bonds. The third kappa shape index (κ3) is 3.09. The van der Waals surface area contributed by atoms with Gasteiger partial charge in [-0.15, -0.1) is 0 Å². The first-order valence-electron chi connectivity index (χ1n) is 4.45. The van der Waals surface area contributed by atoms with Crippen molar-refractivity contribution in [3.05, 3.63) is 28.2 Å². The van der Waals surface area contributed by atoms with E-state index in [1.54, 1.807) is 6.92 Å². The van der Waals surface area contributed by atoms with Crippen molar-refractivity contribution in [2.24, 2.45) is 0 Å². The molecular weight excluding hydrogens is 216 g/mol. The van der Waals surface area contributed by atoms with E-state index in [2.05, 4.69) is 0 Å². The van der Waals surface area contributed by atoms with E-state index in [4.69, 9.17) is 5.73 Å². The Labute approximate surface area is 88.4 Å². The van der Waals surface area contributed by atoms with Gasteiger partial charge in [-0.3, -0.25) is 4.79 Å². The van der Waals surface area contributed by atoms with Gasteiger partial charge in [0.2, 0.25) is 0 Å². The summed E-state index contributed by atoms with van der Waals surface area (Å²) < 4.78 is 23.3. The Morgan fingerprint density at radius 3 is 2.53 bits per heavy atom. The Balaban J connectivity index is 3.05. The molecule has 0 atom stereocenters. The number of nitrogen functional groups attached to an aromatic ring is 1. The van der Waals surface area contributed by atoms with Gasteiger partial charge in [0, 0.05) is 24.6 Å². The Hall–Kier alpha value is -1.30. The number of rotatable bonds is 3. The summed E-state index contributed by atoms with van der Waals surface area (Å²) in [6.45, 7) is 1.84. The molecule has 0 aliphatic rings. The monoisotopic (exact) mass is 230 g/mol. The lowest BCUT2D eigenvalue weighted by Gasteiger charge is -2.10. The Morgan fingerprint density at radius 1 is 1.40 bits per heavy atom. The third-order valence-electron chi connectivity index (χ3n) is 2.18. The van der Waals surface area contributed by atoms with Gasteiger partial charge in [-0.2, -0.15) is 0 Å². The number of pyridine rings is 1. The second kappa shape index (κ2) is 4.06. The Bertz CT molecular complexity index is 517. The maximum absolute atomic E-state index is 11.4. The standard InChI is InChI=1S/C9H14N2O3S/c1-7-8(10)3-4-9(12)11(7)5-6-15(2,13)14/h3-4H,5-6,10H2,1-2H3. The minimum Gasteiger partial charge on any atom is -0.397 e. The van der Waals surface area contributed by atoms with Crippen LogP contribution in [0.25, 0.3) is 0 Å². The van der Waals surface area contributed by atoms with Crippen LogP contribution in [0.3, 0.4) is 0 Å². The average Bonchev–Trinajstić information content (AvgIpc) is 2.10. The molecule has 2 N–H and O–H groups in total. The molecule has 0 aliphatic carbocycles. The van der Waals surface area contributed by atoms with Gasteiger partial charge >= 0.3 is 0 Å². The number of aromatic nitrogens is 1. The van der Waals surface area contributed by atoms with Crippen LogP contribution in [-0.4, -0.2) is 25.0 Å². The molecule has 1 heterocycles. The molecule has 0 bridgehead atoms. The number of anilines is 1. The van der Waals surface area contributed by atoms with Crippen LogP contribution in [0, 0.1) is 6.92 Å². The maximum atomic E-state index is 11.4. The van der Waals surface area contributed by atoms with Crippen LogP contribution < -0.4 is 11.3 Å². The highest BCUT2D eigenvalue weighted by Crippen LogP contribution is 2.06. The molecule has 0 saturated heterocycles. The Morgan fingerprint density at radius 2 is 2.00 bits per heavy atom. The lowest BCUT2D eigenvalue weighted by molar-refractivity contribution is 0.591. The molecule has 0 aliphatic heterocycles. The zero-order valence-corrected chi connectivity index (χ0v) is 9.54. The second-order valence-corrected chi connectivity index (χ2v) is 5.75. The van der Waals surface area contributed by atoms with Gasteiger partial charge < -0.3 is 10.3 Å². The van der Waals surface area contributed by atoms with Crippen LogP contribution in [-0.2, 0) is 16.4 Å². The van der Waals surface area contributed by atoms with Gasteiger partial charge in [0.05, 0.1) is 11.4 Å². The molecule has 6 heteroatoms. The number of hydrogen-bond acceptors (Lipinski definition) is 4. The molecule has 15 heavy (non-hydrogen) atoms. The van der Waals surface area contributed by atoms with Crippen LogP contribution in [0.2, 0.25) is 0 Å². The molecule has 84 valence electrons. The highest BCUT2D eigenvalue weighted by Gasteiger charge is 2.07. The van der Waals surface area contributed by atoms with Gasteiger partial charge in [0.1, 0.15) is 9.84 Å². The quantitative estimate of drug-likeness (QED) is 0.778. The SMILES string of the molecule is Cc1c(N)ccc(=O)n1CCS(C)(=O)=O. The van der Waals surface area contributed by atoms with E-state index in [0.717, 1.165) is 6.26 Å². The van der Waals surface area contributed by atoms with Gasteiger partial charge in [-0.25, -0.2) is 8.42 Å². The molecule has 0 radical (unpaired) electrons. The molecule has 0 aromatic carbocycles. The summed E-state index contributed by atoms with van der Waals surface area (Å²) in [5.41, 5.74) is 6.48. The number of nitrogens with zero attached hydrogens (tertiary/aromatic N) is 1. The molecule has 0 spiro atoms. The zero-order valence-electron chi connectivity index (χ0n) is 8.73. The van der Waals surface area contributed by atoms with E-state index in [0.29, 0.717) is 11.4 Å². The van der Waals surface area contributed by atoms with Crippen molar-refractivity contribution in [3.8, 4) is 0 Å². The molecule has 1 aromatic rings. The summed E-state index contributed by atoms with van der Waals surface area (Å²) in [5.74, 6) is -0.0583. The number of hydrogen-bond donors (Lipinski definition) is 1. The summed E-state index contributed by atoms with van der Waals surface area (Å²) in [7, 11) is -3.07. The van der Waals surface area contributed by atoms with Crippen molar-refractivity contribution < 1.29 is 8.42 Å². The van der Waals surface area contributed by atoms with Crippen LogP contribution >= 0.6 is 0 Å². The zero-order chi connectivity index (χ0) is 11.6. The van der Waals surface area contributed by atoms with Gasteiger partial charge in [-0.05, 0) is 13.0 Å². The van der Waals surface area contributed by atoms with Crippen molar-refractivity contribution in [2.45, 2.75) is 13.5 Å². The predicted molar refractivity (Wildman–Crippen MR) is 59.6 cm³/mol. The molecule has 0 saturated carbocycles. The Kier molecular flexibility index (Phi) is 3.18. The molecule has 0 unspecified atom stereocenters. The summed E-state index contributed by atoms with van der Waals surface area (Å²) in [5, 5.41) is 0. The van der Waals surface area contributed by atoms with Crippen LogP contribution in [0.15, 0.2) is 16.9 Å². The number of sulfone groups is 1. The van der Waals surface area contributed by atoms with E-state index >= 15 is 0 Å². The summed E-state index contributed by atoms with van der Waals surface area (Å²) in [4.78, 5) is 11.4. The van der Waals surface area contributed by atoms with Crippen LogP contribution in [0.4, 0.5) is 5.69 Å². The smallest absolute Gasteiger partial charge is 0.250 e. The van der Waals surface area contributed by atoms with E-state index in [1.807, 2.05) is 0 Å². The normalized spacial score (nSPS) is 11.6. The van der Waals surface area contributed by atoms with E-state index in [1.165, 1.54) is 16.7 Å². The topological polar surface area (TPSA) is 82.2 Å². The minimum atomic E-state index is -3.07. The first kappa shape index (κ1) is 11.8. The van der Waals surface area contributed by atoms with E-state index in [9.17, 15) is 13.2 Å². The lowest BCUT2D eigenvalue weighted by atomic mass is 10.3. The van der Waals surface area contributed by atoms with Crippen LogP contribution in [0.5, 0.6) is 0 Å². The lowest BCUT2D eigenvalue weighted by Crippen LogP contribution is -2.25. The van der Waals surface area contributed by atoms with Crippen molar-refractivity contribution in [1.29, 1.82) is 0 Å². The van der Waals surface area contributed by atoms with Crippen molar-refractivity contribution >= 4 is 15.5 Å². The van der Waals surface area contributed by atoms with Gasteiger partial charge in [0.25, 0.3) is 5.56 Å². The number of nitrogens with two attached hydrogens (primary N) is 1. The van der Waals surface area contributed by atoms with E-state index in [-0.39, 0.29) is 17.9 Å². The molecule has 0 fully saturated rings. The fourth-order valence-electron chi connectivity index (χ4n) is 1.23. The second-order valence-electron chi connectivity index (χ2n) is 3.49. The summed E-state index contributed by atoms with van der Waals surface area (Å²) in [6, 6.07) is 2.86. The fourth-order valence-corrected chi connectivity index (χ4v) is 1.74. The van der Waals surface area contributed by atoms with Crippen molar-refractivity contribution in [1.82, 2.24) is 4.57 Å². The summed E-state index contributed by atoms with van der Waals surface area (Å²) >= 11 is 0. The molecular formula is C9H14N2O3S. The predicted octanol–water partition coefficient (Wildman–Crippen LogP) is -0.216. The third-order valence-corrected chi connectivity index (χ3v) is 3.10. The highest BCUT2D eigenvalue weighted by atomic mass is 32.2. The first-order valence-corrected chi connectivity index (χ1v) is 6.51. The van der Waals surface area contributed by atoms with Crippen LogP contribution in [0.1, 0.15) is 5.69 Å². The molecule has 1 rings (SSSR count). The molecule has 1 aromatic heterocycles. The van der Waals surface area contributed by atoms with Gasteiger partial charge in [0.15, 0.2) is 0 Å². The largest absolute Gasteiger partial charge is 0.397 e. The maximum Gasteiger partial charge on any atom is 0.250 e. The minimum absolute atomic E-state index is 0.0583. The highest BCUT2D eigenvalue weighted by molar-refractivity contribution is 7.90. The van der Waals surface area contributed by atoms with E-state index < -0.39 is 9.84 Å². The summed E-state index contributed by atoms with van der Waals surface area (Å²) in [6.07, 6.45) is 1.14. The first-order chi connectivity index (χ1) is 6.81. The fraction of sp³-hybridized carbons (Fsp3) is 0.444. The van der Waals surface area contributed by atoms with Gasteiger partial charge in [-0.1, -0.05) is 0 Å². The van der Waals surface area contributed by atoms with Crippen molar-refractivity contribution in [2.75, 3.05) is 17.7 Å². The molecule has 5 nitrogen and oxygen atoms in total. The average molecular weight is 230 g/mol.